The first kappa shape index (κ1) is 23.7. The maximum atomic E-state index is 13.9. The van der Waals surface area contributed by atoms with Gasteiger partial charge in [0.1, 0.15) is 12.0 Å². The zero-order valence-electron chi connectivity index (χ0n) is 15.9. The van der Waals surface area contributed by atoms with E-state index < -0.39 is 21.7 Å². The summed E-state index contributed by atoms with van der Waals surface area (Å²) in [5.41, 5.74) is 2.86. The van der Waals surface area contributed by atoms with Gasteiger partial charge in [-0.3, -0.25) is 4.79 Å². The van der Waals surface area contributed by atoms with Gasteiger partial charge in [-0.25, -0.2) is 4.39 Å². The molecule has 2 rings (SSSR count). The number of halogens is 4. The van der Waals surface area contributed by atoms with Crippen LogP contribution in [0.25, 0.3) is 0 Å². The number of carbonyl (C=O) groups is 1. The standard InChI is InChI=1S/C20H21Cl3FN3OS/c1-3-12-8-7-9-13(4-2)16(12)25-19(29)27-18(20(21,22)23)26-17(28)14-10-5-6-11-15(14)24/h5-11,18H,3-4H2,1-2H3,(H,26,28)(H2,25,27,29). The number of amides is 1. The van der Waals surface area contributed by atoms with E-state index in [2.05, 4.69) is 16.0 Å². The van der Waals surface area contributed by atoms with Crippen molar-refractivity contribution in [3.63, 3.8) is 0 Å². The van der Waals surface area contributed by atoms with Crippen LogP contribution >= 0.6 is 47.0 Å². The van der Waals surface area contributed by atoms with Crippen molar-refractivity contribution in [1.29, 1.82) is 0 Å². The summed E-state index contributed by atoms with van der Waals surface area (Å²) in [6, 6.07) is 11.5. The molecular formula is C20H21Cl3FN3OS. The molecule has 29 heavy (non-hydrogen) atoms. The second-order valence-corrected chi connectivity index (χ2v) is 8.96. The summed E-state index contributed by atoms with van der Waals surface area (Å²) in [5, 5.41) is 8.56. The summed E-state index contributed by atoms with van der Waals surface area (Å²) in [7, 11) is 0. The average molecular weight is 477 g/mol. The molecule has 0 spiro atoms. The van der Waals surface area contributed by atoms with Crippen LogP contribution < -0.4 is 16.0 Å². The molecule has 0 bridgehead atoms. The first-order chi connectivity index (χ1) is 13.7. The minimum absolute atomic E-state index is 0.158. The van der Waals surface area contributed by atoms with Crippen LogP contribution in [0.5, 0.6) is 0 Å². The first-order valence-corrected chi connectivity index (χ1v) is 10.5. The Morgan fingerprint density at radius 2 is 1.62 bits per heavy atom. The van der Waals surface area contributed by atoms with Crippen LogP contribution in [0, 0.1) is 5.82 Å². The van der Waals surface area contributed by atoms with Crippen molar-refractivity contribution in [1.82, 2.24) is 10.6 Å². The molecule has 0 aliphatic carbocycles. The molecule has 0 aliphatic heterocycles. The molecule has 0 fully saturated rings. The number of hydrogen-bond acceptors (Lipinski definition) is 2. The third kappa shape index (κ3) is 6.44. The number of aryl methyl sites for hydroxylation is 2. The van der Waals surface area contributed by atoms with Gasteiger partial charge in [-0.05, 0) is 48.3 Å². The van der Waals surface area contributed by atoms with E-state index in [1.54, 1.807) is 0 Å². The van der Waals surface area contributed by atoms with Crippen LogP contribution in [0.3, 0.4) is 0 Å². The molecule has 0 aliphatic rings. The van der Waals surface area contributed by atoms with Crippen LogP contribution in [0.2, 0.25) is 0 Å². The molecule has 0 saturated carbocycles. The molecule has 3 N–H and O–H groups in total. The van der Waals surface area contributed by atoms with Gasteiger partial charge >= 0.3 is 0 Å². The van der Waals surface area contributed by atoms with Gasteiger partial charge in [-0.1, -0.05) is 79.0 Å². The molecule has 0 heterocycles. The third-order valence-corrected chi connectivity index (χ3v) is 5.11. The predicted molar refractivity (Wildman–Crippen MR) is 122 cm³/mol. The monoisotopic (exact) mass is 475 g/mol. The SMILES string of the molecule is CCc1cccc(CC)c1NC(=S)NC(NC(=O)c1ccccc1F)C(Cl)(Cl)Cl. The molecule has 9 heteroatoms. The molecule has 1 amide bonds. The topological polar surface area (TPSA) is 53.2 Å². The zero-order valence-corrected chi connectivity index (χ0v) is 18.9. The highest BCUT2D eigenvalue weighted by atomic mass is 35.6. The number of benzene rings is 2. The lowest BCUT2D eigenvalue weighted by Gasteiger charge is -2.28. The number of nitrogens with one attached hydrogen (secondary N) is 3. The highest BCUT2D eigenvalue weighted by Crippen LogP contribution is 2.30. The number of rotatable bonds is 6. The zero-order chi connectivity index (χ0) is 21.6. The molecule has 0 aromatic heterocycles. The van der Waals surface area contributed by atoms with Crippen molar-refractivity contribution >= 4 is 63.7 Å². The summed E-state index contributed by atoms with van der Waals surface area (Å²) >= 11 is 23.4. The smallest absolute Gasteiger partial charge is 0.255 e. The van der Waals surface area contributed by atoms with Gasteiger partial charge in [-0.2, -0.15) is 0 Å². The maximum absolute atomic E-state index is 13.9. The van der Waals surface area contributed by atoms with Crippen LogP contribution in [-0.2, 0) is 12.8 Å². The Kier molecular flexibility index (Phi) is 8.52. The van der Waals surface area contributed by atoms with Gasteiger partial charge in [0.25, 0.3) is 5.91 Å². The van der Waals surface area contributed by atoms with E-state index in [9.17, 15) is 9.18 Å². The normalized spacial score (nSPS) is 12.2. The fourth-order valence-corrected chi connectivity index (χ4v) is 3.29. The van der Waals surface area contributed by atoms with E-state index in [0.29, 0.717) is 0 Å². The Morgan fingerprint density at radius 3 is 2.14 bits per heavy atom. The molecule has 2 aromatic carbocycles. The Morgan fingerprint density at radius 1 is 1.03 bits per heavy atom. The van der Waals surface area contributed by atoms with Crippen molar-refractivity contribution in [3.05, 3.63) is 65.0 Å². The summed E-state index contributed by atoms with van der Waals surface area (Å²) in [4.78, 5) is 12.4. The number of hydrogen-bond donors (Lipinski definition) is 3. The first-order valence-electron chi connectivity index (χ1n) is 8.97. The summed E-state index contributed by atoms with van der Waals surface area (Å²) in [6.45, 7) is 4.07. The summed E-state index contributed by atoms with van der Waals surface area (Å²) in [5.74, 6) is -1.42. The largest absolute Gasteiger partial charge is 0.339 e. The molecule has 0 radical (unpaired) electrons. The summed E-state index contributed by atoms with van der Waals surface area (Å²) < 4.78 is 11.9. The van der Waals surface area contributed by atoms with Crippen LogP contribution in [0.4, 0.5) is 10.1 Å². The van der Waals surface area contributed by atoms with E-state index in [1.807, 2.05) is 32.0 Å². The number of carbonyl (C=O) groups excluding carboxylic acids is 1. The van der Waals surface area contributed by atoms with Crippen LogP contribution in [0.15, 0.2) is 42.5 Å². The highest BCUT2D eigenvalue weighted by Gasteiger charge is 2.35. The van der Waals surface area contributed by atoms with Gasteiger partial charge < -0.3 is 16.0 Å². The van der Waals surface area contributed by atoms with Gasteiger partial charge in [0.05, 0.1) is 5.56 Å². The average Bonchev–Trinajstić information content (AvgIpc) is 2.67. The number of para-hydroxylation sites is 1. The van der Waals surface area contributed by atoms with E-state index >= 15 is 0 Å². The molecular weight excluding hydrogens is 456 g/mol. The molecule has 1 unspecified atom stereocenters. The predicted octanol–water partition coefficient (Wildman–Crippen LogP) is 5.36. The van der Waals surface area contributed by atoms with Gasteiger partial charge in [-0.15, -0.1) is 0 Å². The lowest BCUT2D eigenvalue weighted by molar-refractivity contribution is 0.0930. The van der Waals surface area contributed by atoms with Gasteiger partial charge in [0.2, 0.25) is 3.79 Å². The van der Waals surface area contributed by atoms with Crippen molar-refractivity contribution in [2.45, 2.75) is 36.6 Å². The second-order valence-electron chi connectivity index (χ2n) is 6.18. The van der Waals surface area contributed by atoms with E-state index in [1.165, 1.54) is 24.3 Å². The van der Waals surface area contributed by atoms with Gasteiger partial charge in [0, 0.05) is 5.69 Å². The highest BCUT2D eigenvalue weighted by molar-refractivity contribution is 7.80. The van der Waals surface area contributed by atoms with E-state index in [-0.39, 0.29) is 10.7 Å². The fourth-order valence-electron chi connectivity index (χ4n) is 2.74. The Labute approximate surface area is 190 Å². The van der Waals surface area contributed by atoms with E-state index in [0.717, 1.165) is 29.7 Å². The number of alkyl halides is 3. The minimum Gasteiger partial charge on any atom is -0.339 e. The molecule has 1 atom stereocenters. The Bertz CT molecular complexity index is 867. The lowest BCUT2D eigenvalue weighted by atomic mass is 10.0. The Hall–Kier alpha value is -1.60. The number of anilines is 1. The number of thiocarbonyl (C=S) groups is 1. The summed E-state index contributed by atoms with van der Waals surface area (Å²) in [6.07, 6.45) is 0.409. The Balaban J connectivity index is 2.18. The third-order valence-electron chi connectivity index (χ3n) is 4.23. The van der Waals surface area contributed by atoms with Crippen LogP contribution in [0.1, 0.15) is 35.3 Å². The van der Waals surface area contributed by atoms with Gasteiger partial charge in [0.15, 0.2) is 5.11 Å². The van der Waals surface area contributed by atoms with Crippen molar-refractivity contribution in [2.75, 3.05) is 5.32 Å². The van der Waals surface area contributed by atoms with Crippen molar-refractivity contribution in [3.8, 4) is 0 Å². The molecule has 4 nitrogen and oxygen atoms in total. The lowest BCUT2D eigenvalue weighted by Crippen LogP contribution is -2.56. The maximum Gasteiger partial charge on any atom is 0.255 e. The van der Waals surface area contributed by atoms with Crippen LogP contribution in [-0.4, -0.2) is 21.0 Å². The fraction of sp³-hybridized carbons (Fsp3) is 0.300. The molecule has 0 saturated heterocycles. The molecule has 2 aromatic rings. The van der Waals surface area contributed by atoms with Crippen molar-refractivity contribution < 1.29 is 9.18 Å². The quantitative estimate of drug-likeness (QED) is 0.298. The molecule has 156 valence electrons. The van der Waals surface area contributed by atoms with Crippen molar-refractivity contribution in [2.24, 2.45) is 0 Å². The second kappa shape index (κ2) is 10.4. The minimum atomic E-state index is -1.94. The van der Waals surface area contributed by atoms with E-state index in [4.69, 9.17) is 47.0 Å².